The van der Waals surface area contributed by atoms with Gasteiger partial charge in [-0.25, -0.2) is 0 Å². The van der Waals surface area contributed by atoms with Gasteiger partial charge in [-0.1, -0.05) is 41.3 Å². The second-order valence-electron chi connectivity index (χ2n) is 6.36. The molecule has 0 aliphatic heterocycles. The highest BCUT2D eigenvalue weighted by Crippen LogP contribution is 2.31. The Hall–Kier alpha value is -2.99. The summed E-state index contributed by atoms with van der Waals surface area (Å²) < 4.78 is 46.4. The van der Waals surface area contributed by atoms with E-state index < -0.39 is 11.6 Å². The van der Waals surface area contributed by atoms with E-state index in [4.69, 9.17) is 4.74 Å². The molecular weight excluding hydrogens is 465 g/mol. The first-order valence-corrected chi connectivity index (χ1v) is 11.0. The number of rotatable bonds is 9. The van der Waals surface area contributed by atoms with Gasteiger partial charge < -0.3 is 20.1 Å². The van der Waals surface area contributed by atoms with Crippen LogP contribution in [0.25, 0.3) is 0 Å². The fraction of sp³-hybridized carbons (Fsp3) is 0.250. The summed E-state index contributed by atoms with van der Waals surface area (Å²) in [6.45, 7) is 2.10. The molecule has 2 N–H and O–H groups in total. The number of anilines is 2. The van der Waals surface area contributed by atoms with Crippen LogP contribution >= 0.6 is 23.1 Å². The summed E-state index contributed by atoms with van der Waals surface area (Å²) in [5.41, 5.74) is 1.39. The van der Waals surface area contributed by atoms with Gasteiger partial charge in [0, 0.05) is 17.8 Å². The molecule has 1 heterocycles. The molecule has 1 atom stereocenters. The summed E-state index contributed by atoms with van der Waals surface area (Å²) in [6.07, 6.45) is -4.74. The number of hydrogen-bond donors (Lipinski definition) is 2. The van der Waals surface area contributed by atoms with E-state index in [0.29, 0.717) is 27.5 Å². The number of nitrogens with zero attached hydrogens (tertiary/aromatic N) is 2. The minimum Gasteiger partial charge on any atom is -0.496 e. The summed E-state index contributed by atoms with van der Waals surface area (Å²) in [5, 5.41) is 13.9. The zero-order valence-electron chi connectivity index (χ0n) is 17.0. The fourth-order valence-electron chi connectivity index (χ4n) is 2.55. The molecular formula is C20H19F3N4O3S2. The van der Waals surface area contributed by atoms with Gasteiger partial charge in [0.15, 0.2) is 4.34 Å². The van der Waals surface area contributed by atoms with E-state index in [9.17, 15) is 18.0 Å². The van der Waals surface area contributed by atoms with Crippen molar-refractivity contribution in [1.82, 2.24) is 15.5 Å². The van der Waals surface area contributed by atoms with Crippen LogP contribution in [0.1, 0.15) is 12.5 Å². The highest BCUT2D eigenvalue weighted by Gasteiger charge is 2.31. The number of carbonyl (C=O) groups is 1. The number of carbonyl (C=O) groups excluding carboxylic acids is 1. The second kappa shape index (κ2) is 10.6. The normalized spacial score (nSPS) is 12.2. The lowest BCUT2D eigenvalue weighted by Gasteiger charge is -2.12. The second-order valence-corrected chi connectivity index (χ2v) is 8.93. The summed E-state index contributed by atoms with van der Waals surface area (Å²) in [7, 11) is 1.57. The molecule has 3 aromatic rings. The summed E-state index contributed by atoms with van der Waals surface area (Å²) >= 11 is 2.48. The van der Waals surface area contributed by atoms with Crippen LogP contribution in [0.2, 0.25) is 0 Å². The summed E-state index contributed by atoms with van der Waals surface area (Å²) in [5.74, 6) is 0.223. The molecule has 1 amide bonds. The number of benzene rings is 2. The molecule has 1 unspecified atom stereocenters. The molecule has 0 bridgehead atoms. The highest BCUT2D eigenvalue weighted by atomic mass is 32.2. The Morgan fingerprint density at radius 3 is 2.56 bits per heavy atom. The van der Waals surface area contributed by atoms with E-state index in [1.165, 1.54) is 47.4 Å². The smallest absolute Gasteiger partial charge is 0.496 e. The average molecular weight is 485 g/mol. The van der Waals surface area contributed by atoms with Crippen LogP contribution in [0, 0.1) is 0 Å². The van der Waals surface area contributed by atoms with Crippen molar-refractivity contribution in [2.75, 3.05) is 12.4 Å². The summed E-state index contributed by atoms with van der Waals surface area (Å²) in [6, 6.07) is 12.7. The van der Waals surface area contributed by atoms with Crippen LogP contribution in [-0.2, 0) is 11.3 Å². The molecule has 0 saturated heterocycles. The van der Waals surface area contributed by atoms with Crippen molar-refractivity contribution in [2.45, 2.75) is 29.4 Å². The number of amides is 1. The number of aromatic nitrogens is 2. The van der Waals surface area contributed by atoms with E-state index in [1.54, 1.807) is 14.0 Å². The first-order chi connectivity index (χ1) is 15.2. The van der Waals surface area contributed by atoms with Gasteiger partial charge in [0.25, 0.3) is 0 Å². The SMILES string of the molecule is COc1ccccc1CNC(=O)C(C)Sc1nnc(Nc2ccc(OC(F)(F)F)cc2)s1. The zero-order valence-corrected chi connectivity index (χ0v) is 18.6. The Kier molecular flexibility index (Phi) is 7.80. The molecule has 0 spiro atoms. The highest BCUT2D eigenvalue weighted by molar-refractivity contribution is 8.02. The maximum Gasteiger partial charge on any atom is 0.573 e. The molecule has 7 nitrogen and oxygen atoms in total. The van der Waals surface area contributed by atoms with Crippen LogP contribution < -0.4 is 20.1 Å². The molecule has 170 valence electrons. The summed E-state index contributed by atoms with van der Waals surface area (Å²) in [4.78, 5) is 12.4. The number of hydrogen-bond acceptors (Lipinski definition) is 8. The zero-order chi connectivity index (χ0) is 23.1. The van der Waals surface area contributed by atoms with Gasteiger partial charge in [-0.2, -0.15) is 0 Å². The van der Waals surface area contributed by atoms with Gasteiger partial charge in [0.2, 0.25) is 11.0 Å². The molecule has 0 aliphatic rings. The van der Waals surface area contributed by atoms with E-state index in [0.717, 1.165) is 5.56 Å². The van der Waals surface area contributed by atoms with E-state index in [2.05, 4.69) is 25.6 Å². The Morgan fingerprint density at radius 1 is 1.16 bits per heavy atom. The van der Waals surface area contributed by atoms with Crippen molar-refractivity contribution in [3.63, 3.8) is 0 Å². The van der Waals surface area contributed by atoms with Gasteiger partial charge in [0.05, 0.1) is 12.4 Å². The van der Waals surface area contributed by atoms with E-state index >= 15 is 0 Å². The molecule has 3 rings (SSSR count). The van der Waals surface area contributed by atoms with Crippen LogP contribution in [0.3, 0.4) is 0 Å². The number of methoxy groups -OCH3 is 1. The molecule has 32 heavy (non-hydrogen) atoms. The quantitative estimate of drug-likeness (QED) is 0.414. The van der Waals surface area contributed by atoms with E-state index in [-0.39, 0.29) is 11.7 Å². The lowest BCUT2D eigenvalue weighted by Crippen LogP contribution is -2.30. The fourth-order valence-corrected chi connectivity index (χ4v) is 4.49. The molecule has 0 saturated carbocycles. The number of halogens is 3. The third kappa shape index (κ3) is 7.02. The number of thioether (sulfide) groups is 1. The number of alkyl halides is 3. The lowest BCUT2D eigenvalue weighted by atomic mass is 10.2. The molecule has 0 radical (unpaired) electrons. The predicted molar refractivity (Wildman–Crippen MR) is 116 cm³/mol. The maximum atomic E-state index is 12.4. The number of nitrogens with one attached hydrogen (secondary N) is 2. The van der Waals surface area contributed by atoms with Crippen molar-refractivity contribution in [3.05, 3.63) is 54.1 Å². The first-order valence-electron chi connectivity index (χ1n) is 9.26. The van der Waals surface area contributed by atoms with Gasteiger partial charge in [-0.3, -0.25) is 4.79 Å². The van der Waals surface area contributed by atoms with Gasteiger partial charge in [-0.15, -0.1) is 23.4 Å². The van der Waals surface area contributed by atoms with E-state index in [1.807, 2.05) is 24.3 Å². The van der Waals surface area contributed by atoms with Gasteiger partial charge >= 0.3 is 6.36 Å². The third-order valence-electron chi connectivity index (χ3n) is 4.04. The molecule has 0 aliphatic carbocycles. The molecule has 12 heteroatoms. The Morgan fingerprint density at radius 2 is 1.88 bits per heavy atom. The molecule has 1 aromatic heterocycles. The third-order valence-corrected chi connectivity index (χ3v) is 6.06. The number of ether oxygens (including phenoxy) is 2. The van der Waals surface area contributed by atoms with Crippen LogP contribution in [0.15, 0.2) is 52.9 Å². The van der Waals surface area contributed by atoms with Gasteiger partial charge in [0.1, 0.15) is 11.5 Å². The Bertz CT molecular complexity index is 1050. The van der Waals surface area contributed by atoms with Crippen molar-refractivity contribution in [2.24, 2.45) is 0 Å². The Labute approximate surface area is 190 Å². The van der Waals surface area contributed by atoms with Crippen molar-refractivity contribution in [3.8, 4) is 11.5 Å². The van der Waals surface area contributed by atoms with Gasteiger partial charge in [-0.05, 0) is 37.3 Å². The minimum absolute atomic E-state index is 0.161. The standard InChI is InChI=1S/C20H19F3N4O3S2/c1-12(17(28)24-11-13-5-3-4-6-16(13)29-2)31-19-27-26-18(32-19)25-14-7-9-15(10-8-14)30-20(21,22)23/h3-10,12H,11H2,1-2H3,(H,24,28)(H,25,26). The maximum absolute atomic E-state index is 12.4. The monoisotopic (exact) mass is 484 g/mol. The first kappa shape index (κ1) is 23.7. The van der Waals surface area contributed by atoms with Crippen molar-refractivity contribution in [1.29, 1.82) is 0 Å². The lowest BCUT2D eigenvalue weighted by molar-refractivity contribution is -0.274. The van der Waals surface area contributed by atoms with Crippen LogP contribution in [0.5, 0.6) is 11.5 Å². The topological polar surface area (TPSA) is 85.4 Å². The average Bonchev–Trinajstić information content (AvgIpc) is 3.19. The minimum atomic E-state index is -4.74. The predicted octanol–water partition coefficient (Wildman–Crippen LogP) is 4.99. The van der Waals surface area contributed by atoms with Crippen molar-refractivity contribution < 1.29 is 27.4 Å². The largest absolute Gasteiger partial charge is 0.573 e. The molecule has 2 aromatic carbocycles. The Balaban J connectivity index is 1.51. The van der Waals surface area contributed by atoms with Crippen LogP contribution in [-0.4, -0.2) is 34.8 Å². The van der Waals surface area contributed by atoms with Crippen molar-refractivity contribution >= 4 is 39.8 Å². The molecule has 0 fully saturated rings. The van der Waals surface area contributed by atoms with Crippen LogP contribution in [0.4, 0.5) is 24.0 Å². The number of para-hydroxylation sites is 1.